The molecule has 3 aromatic carbocycles. The van der Waals surface area contributed by atoms with Crippen molar-refractivity contribution in [1.29, 1.82) is 0 Å². The molecule has 0 bridgehead atoms. The Morgan fingerprint density at radius 2 is 1.41 bits per heavy atom. The lowest BCUT2D eigenvalue weighted by Crippen LogP contribution is -2.01. The van der Waals surface area contributed by atoms with Gasteiger partial charge in [-0.15, -0.1) is 0 Å². The molecule has 6 nitrogen and oxygen atoms in total. The Kier molecular flexibility index (Phi) is 3.82. The third-order valence-electron chi connectivity index (χ3n) is 4.71. The molecule has 0 unspecified atom stereocenters. The van der Waals surface area contributed by atoms with E-state index in [0.717, 1.165) is 11.1 Å². The smallest absolute Gasteiger partial charge is 0.227 e. The van der Waals surface area contributed by atoms with E-state index in [1.165, 1.54) is 24.3 Å². The van der Waals surface area contributed by atoms with Crippen LogP contribution >= 0.6 is 0 Å². The standard InChI is InChI=1S/C22H16N2O4S/c1-13-4-3-5-15(10-13)22-24-19-12-17(7-9-21(19)28-22)29(25,26)16-6-8-20-18(11-16)23-14(2)27-20/h3-12H,1-2H3. The summed E-state index contributed by atoms with van der Waals surface area (Å²) >= 11 is 0. The number of nitrogens with zero attached hydrogens (tertiary/aromatic N) is 2. The minimum Gasteiger partial charge on any atom is -0.441 e. The van der Waals surface area contributed by atoms with Crippen LogP contribution < -0.4 is 0 Å². The number of fused-ring (bicyclic) bond motifs is 2. The molecule has 0 spiro atoms. The molecule has 2 heterocycles. The summed E-state index contributed by atoms with van der Waals surface area (Å²) in [5, 5.41) is 0. The Morgan fingerprint density at radius 3 is 2.10 bits per heavy atom. The van der Waals surface area contributed by atoms with Gasteiger partial charge in [-0.05, 0) is 55.5 Å². The average Bonchev–Trinajstić information content (AvgIpc) is 3.29. The van der Waals surface area contributed by atoms with Gasteiger partial charge in [0.1, 0.15) is 11.0 Å². The fraction of sp³-hybridized carbons (Fsp3) is 0.0909. The van der Waals surface area contributed by atoms with Crippen molar-refractivity contribution in [2.75, 3.05) is 0 Å². The van der Waals surface area contributed by atoms with Crippen LogP contribution in [-0.4, -0.2) is 18.4 Å². The zero-order chi connectivity index (χ0) is 20.2. The summed E-state index contributed by atoms with van der Waals surface area (Å²) in [6, 6.07) is 17.1. The van der Waals surface area contributed by atoms with Crippen LogP contribution in [0.15, 0.2) is 79.3 Å². The molecule has 0 aliphatic carbocycles. The lowest BCUT2D eigenvalue weighted by Gasteiger charge is -2.04. The van der Waals surface area contributed by atoms with Crippen LogP contribution in [0.5, 0.6) is 0 Å². The molecule has 2 aromatic heterocycles. The second kappa shape index (κ2) is 6.28. The van der Waals surface area contributed by atoms with E-state index in [1.54, 1.807) is 19.1 Å². The lowest BCUT2D eigenvalue weighted by atomic mass is 10.1. The quantitative estimate of drug-likeness (QED) is 0.416. The van der Waals surface area contributed by atoms with Crippen LogP contribution in [-0.2, 0) is 9.84 Å². The number of sulfone groups is 1. The van der Waals surface area contributed by atoms with Gasteiger partial charge in [0.05, 0.1) is 9.79 Å². The average molecular weight is 404 g/mol. The van der Waals surface area contributed by atoms with Gasteiger partial charge in [0.2, 0.25) is 15.7 Å². The summed E-state index contributed by atoms with van der Waals surface area (Å²) < 4.78 is 37.5. The van der Waals surface area contributed by atoms with Crippen molar-refractivity contribution in [2.24, 2.45) is 0 Å². The Bertz CT molecular complexity index is 1500. The minimum atomic E-state index is -3.74. The summed E-state index contributed by atoms with van der Waals surface area (Å²) in [5.41, 5.74) is 4.01. The Balaban J connectivity index is 1.59. The molecule has 0 aliphatic heterocycles. The minimum absolute atomic E-state index is 0.147. The highest BCUT2D eigenvalue weighted by Crippen LogP contribution is 2.30. The van der Waals surface area contributed by atoms with Gasteiger partial charge in [-0.25, -0.2) is 18.4 Å². The number of aromatic nitrogens is 2. The molecule has 5 aromatic rings. The molecule has 144 valence electrons. The van der Waals surface area contributed by atoms with E-state index in [1.807, 2.05) is 31.2 Å². The van der Waals surface area contributed by atoms with E-state index >= 15 is 0 Å². The van der Waals surface area contributed by atoms with E-state index in [4.69, 9.17) is 8.83 Å². The number of hydrogen-bond donors (Lipinski definition) is 0. The maximum Gasteiger partial charge on any atom is 0.227 e. The molecule has 29 heavy (non-hydrogen) atoms. The highest BCUT2D eigenvalue weighted by atomic mass is 32.2. The first-order valence-corrected chi connectivity index (χ1v) is 10.5. The molecular weight excluding hydrogens is 388 g/mol. The van der Waals surface area contributed by atoms with E-state index in [0.29, 0.717) is 34.0 Å². The van der Waals surface area contributed by atoms with Gasteiger partial charge in [0.25, 0.3) is 0 Å². The molecule has 0 N–H and O–H groups in total. The maximum atomic E-state index is 13.1. The van der Waals surface area contributed by atoms with Crippen molar-refractivity contribution in [3.8, 4) is 11.5 Å². The first-order chi connectivity index (χ1) is 13.9. The normalized spacial score (nSPS) is 12.1. The molecule has 0 radical (unpaired) electrons. The Hall–Kier alpha value is -3.45. The van der Waals surface area contributed by atoms with Crippen LogP contribution in [0.2, 0.25) is 0 Å². The lowest BCUT2D eigenvalue weighted by molar-refractivity contribution is 0.561. The van der Waals surface area contributed by atoms with Crippen molar-refractivity contribution < 1.29 is 17.3 Å². The van der Waals surface area contributed by atoms with Crippen molar-refractivity contribution in [1.82, 2.24) is 9.97 Å². The summed E-state index contributed by atoms with van der Waals surface area (Å²) in [6.45, 7) is 3.71. The Morgan fingerprint density at radius 1 is 0.759 bits per heavy atom. The molecule has 0 aliphatic rings. The number of benzene rings is 3. The van der Waals surface area contributed by atoms with Gasteiger partial charge in [-0.3, -0.25) is 0 Å². The third-order valence-corrected chi connectivity index (χ3v) is 6.46. The van der Waals surface area contributed by atoms with Gasteiger partial charge in [-0.1, -0.05) is 17.7 Å². The number of hydrogen-bond acceptors (Lipinski definition) is 6. The van der Waals surface area contributed by atoms with Gasteiger partial charge in [0.15, 0.2) is 17.1 Å². The molecule has 0 saturated carbocycles. The first-order valence-electron chi connectivity index (χ1n) is 9.00. The van der Waals surface area contributed by atoms with Gasteiger partial charge >= 0.3 is 0 Å². The van der Waals surface area contributed by atoms with Gasteiger partial charge < -0.3 is 8.83 Å². The highest BCUT2D eigenvalue weighted by molar-refractivity contribution is 7.91. The van der Waals surface area contributed by atoms with Crippen molar-refractivity contribution >= 4 is 32.0 Å². The maximum absolute atomic E-state index is 13.1. The van der Waals surface area contributed by atoms with Crippen LogP contribution in [0.1, 0.15) is 11.5 Å². The van der Waals surface area contributed by atoms with Crippen molar-refractivity contribution in [3.05, 3.63) is 72.1 Å². The fourth-order valence-electron chi connectivity index (χ4n) is 3.30. The zero-order valence-corrected chi connectivity index (χ0v) is 16.5. The third kappa shape index (κ3) is 3.00. The number of rotatable bonds is 3. The summed E-state index contributed by atoms with van der Waals surface area (Å²) in [5.74, 6) is 0.944. The summed E-state index contributed by atoms with van der Waals surface area (Å²) in [4.78, 5) is 9.00. The molecule has 0 amide bonds. The largest absolute Gasteiger partial charge is 0.441 e. The fourth-order valence-corrected chi connectivity index (χ4v) is 4.60. The molecule has 0 fully saturated rings. The highest BCUT2D eigenvalue weighted by Gasteiger charge is 2.21. The van der Waals surface area contributed by atoms with Crippen LogP contribution in [0, 0.1) is 13.8 Å². The molecule has 7 heteroatoms. The van der Waals surface area contributed by atoms with Crippen molar-refractivity contribution in [3.63, 3.8) is 0 Å². The van der Waals surface area contributed by atoms with Crippen LogP contribution in [0.4, 0.5) is 0 Å². The first kappa shape index (κ1) is 17.6. The van der Waals surface area contributed by atoms with Crippen LogP contribution in [0.3, 0.4) is 0 Å². The van der Waals surface area contributed by atoms with Gasteiger partial charge in [0, 0.05) is 12.5 Å². The molecule has 0 atom stereocenters. The molecular formula is C22H16N2O4S. The molecule has 0 saturated heterocycles. The number of oxazole rings is 2. The van der Waals surface area contributed by atoms with Gasteiger partial charge in [-0.2, -0.15) is 0 Å². The topological polar surface area (TPSA) is 86.2 Å². The molecule has 5 rings (SSSR count). The second-order valence-electron chi connectivity index (χ2n) is 6.88. The Labute approximate surface area is 166 Å². The predicted molar refractivity (Wildman–Crippen MR) is 108 cm³/mol. The second-order valence-corrected chi connectivity index (χ2v) is 8.83. The van der Waals surface area contributed by atoms with E-state index in [-0.39, 0.29) is 9.79 Å². The van der Waals surface area contributed by atoms with Crippen LogP contribution in [0.25, 0.3) is 33.7 Å². The zero-order valence-electron chi connectivity index (χ0n) is 15.7. The summed E-state index contributed by atoms with van der Waals surface area (Å²) in [6.07, 6.45) is 0. The SMILES string of the molecule is Cc1cccc(-c2nc3cc(S(=O)(=O)c4ccc5oc(C)nc5c4)ccc3o2)c1. The van der Waals surface area contributed by atoms with E-state index in [9.17, 15) is 8.42 Å². The van der Waals surface area contributed by atoms with E-state index < -0.39 is 9.84 Å². The van der Waals surface area contributed by atoms with Crippen molar-refractivity contribution in [2.45, 2.75) is 23.6 Å². The summed E-state index contributed by atoms with van der Waals surface area (Å²) in [7, 11) is -3.74. The monoisotopic (exact) mass is 404 g/mol. The number of aryl methyl sites for hydroxylation is 2. The predicted octanol–water partition coefficient (Wildman–Crippen LogP) is 5.09. The van der Waals surface area contributed by atoms with E-state index in [2.05, 4.69) is 9.97 Å².